The van der Waals surface area contributed by atoms with Crippen LogP contribution in [0.25, 0.3) is 0 Å². The van der Waals surface area contributed by atoms with Crippen molar-refractivity contribution >= 4 is 35.1 Å². The molecule has 1 heterocycles. The Bertz CT molecular complexity index is 1450. The van der Waals surface area contributed by atoms with E-state index in [1.807, 2.05) is 0 Å². The van der Waals surface area contributed by atoms with Crippen LogP contribution in [0.1, 0.15) is 40.4 Å². The van der Waals surface area contributed by atoms with Gasteiger partial charge in [0.05, 0.1) is 26.4 Å². The SMILES string of the molecule is COc1ccc(C(=O)OCC(=O)OC(Cc2c(Cl)c[n+]([O-])cc2Cl)c2ccc(OC(F)F)c(OCC3CC3)c2)cc1OC. The van der Waals surface area contributed by atoms with Crippen molar-refractivity contribution < 1.29 is 51.5 Å². The Hall–Kier alpha value is -4.03. The minimum atomic E-state index is -3.09. The van der Waals surface area contributed by atoms with E-state index in [0.29, 0.717) is 28.6 Å². The standard InChI is InChI=1S/C29H27Cl2F2NO9/c1-38-22-7-6-18(10-25(22)39-2)28(36)41-15-27(35)42-24(11-19-20(30)12-34(37)13-21(19)31)17-5-8-23(43-29(32)33)26(9-17)40-14-16-3-4-16/h5-10,12-13,16,24,29H,3-4,11,14-15H2,1-2H3. The van der Waals surface area contributed by atoms with Crippen molar-refractivity contribution in [1.29, 1.82) is 0 Å². The zero-order valence-corrected chi connectivity index (χ0v) is 24.5. The first kappa shape index (κ1) is 31.9. The molecule has 1 saturated carbocycles. The number of hydrogen-bond acceptors (Lipinski definition) is 9. The highest BCUT2D eigenvalue weighted by Crippen LogP contribution is 2.38. The van der Waals surface area contributed by atoms with Gasteiger partial charge in [0.25, 0.3) is 0 Å². The molecule has 0 bridgehead atoms. The largest absolute Gasteiger partial charge is 0.619 e. The van der Waals surface area contributed by atoms with Crippen LogP contribution in [-0.4, -0.2) is 46.0 Å². The summed E-state index contributed by atoms with van der Waals surface area (Å²) < 4.78 is 58.0. The molecule has 0 saturated heterocycles. The molecule has 1 aliphatic rings. The monoisotopic (exact) mass is 641 g/mol. The molecule has 230 valence electrons. The van der Waals surface area contributed by atoms with E-state index in [9.17, 15) is 23.6 Å². The zero-order chi connectivity index (χ0) is 31.1. The molecule has 3 aromatic rings. The molecule has 2 aromatic carbocycles. The molecule has 0 N–H and O–H groups in total. The van der Waals surface area contributed by atoms with Crippen molar-refractivity contribution in [2.45, 2.75) is 32.0 Å². The lowest BCUT2D eigenvalue weighted by Crippen LogP contribution is -2.26. The first-order valence-electron chi connectivity index (χ1n) is 12.9. The van der Waals surface area contributed by atoms with E-state index in [2.05, 4.69) is 4.74 Å². The van der Waals surface area contributed by atoms with Crippen molar-refractivity contribution in [2.24, 2.45) is 5.92 Å². The first-order valence-corrected chi connectivity index (χ1v) is 13.7. The number of benzene rings is 2. The van der Waals surface area contributed by atoms with Gasteiger partial charge in [0.2, 0.25) is 0 Å². The van der Waals surface area contributed by atoms with Crippen molar-refractivity contribution in [3.05, 3.63) is 80.7 Å². The molecule has 1 aliphatic carbocycles. The molecule has 1 fully saturated rings. The van der Waals surface area contributed by atoms with E-state index in [-0.39, 0.29) is 44.8 Å². The molecular formula is C29H27Cl2F2NO9. The second kappa shape index (κ2) is 14.4. The molecule has 0 aliphatic heterocycles. The van der Waals surface area contributed by atoms with Gasteiger partial charge in [-0.05, 0) is 54.7 Å². The molecule has 10 nitrogen and oxygen atoms in total. The molecule has 0 spiro atoms. The van der Waals surface area contributed by atoms with Gasteiger partial charge in [0.15, 0.2) is 42.0 Å². The Balaban J connectivity index is 1.56. The number of hydrogen-bond donors (Lipinski definition) is 0. The third kappa shape index (κ3) is 8.74. The fourth-order valence-electron chi connectivity index (χ4n) is 4.03. The quantitative estimate of drug-likeness (QED) is 0.124. The maximum Gasteiger partial charge on any atom is 0.387 e. The summed E-state index contributed by atoms with van der Waals surface area (Å²) in [5.74, 6) is -0.952. The zero-order valence-electron chi connectivity index (χ0n) is 23.0. The van der Waals surface area contributed by atoms with Gasteiger partial charge in [-0.1, -0.05) is 29.3 Å². The van der Waals surface area contributed by atoms with Gasteiger partial charge in [-0.2, -0.15) is 13.5 Å². The molecule has 0 amide bonds. The number of rotatable bonds is 14. The Morgan fingerprint density at radius 3 is 2.28 bits per heavy atom. The Morgan fingerprint density at radius 1 is 0.977 bits per heavy atom. The number of halogens is 4. The van der Waals surface area contributed by atoms with E-state index in [1.54, 1.807) is 0 Å². The van der Waals surface area contributed by atoms with Crippen LogP contribution in [0.4, 0.5) is 8.78 Å². The maximum atomic E-state index is 13.0. The third-order valence-electron chi connectivity index (χ3n) is 6.39. The molecule has 1 aromatic heterocycles. The van der Waals surface area contributed by atoms with Crippen LogP contribution in [-0.2, 0) is 20.7 Å². The summed E-state index contributed by atoms with van der Waals surface area (Å²) in [6.45, 7) is -3.57. The van der Waals surface area contributed by atoms with Gasteiger partial charge in [-0.3, -0.25) is 0 Å². The number of aromatic nitrogens is 1. The highest BCUT2D eigenvalue weighted by Gasteiger charge is 2.27. The number of pyridine rings is 1. The molecule has 4 rings (SSSR count). The van der Waals surface area contributed by atoms with E-state index < -0.39 is 31.3 Å². The van der Waals surface area contributed by atoms with Crippen molar-refractivity contribution in [2.75, 3.05) is 27.4 Å². The molecule has 0 radical (unpaired) electrons. The second-order valence-corrected chi connectivity index (χ2v) is 10.3. The van der Waals surface area contributed by atoms with Crippen LogP contribution < -0.4 is 23.7 Å². The molecular weight excluding hydrogens is 615 g/mol. The third-order valence-corrected chi connectivity index (χ3v) is 7.04. The minimum Gasteiger partial charge on any atom is -0.619 e. The average Bonchev–Trinajstić information content (AvgIpc) is 3.80. The fraction of sp³-hybridized carbons (Fsp3) is 0.345. The van der Waals surface area contributed by atoms with E-state index >= 15 is 0 Å². The summed E-state index contributed by atoms with van der Waals surface area (Å²) in [7, 11) is 2.85. The normalized spacial score (nSPS) is 13.3. The number of esters is 2. The number of carbonyl (C=O) groups excluding carboxylic acids is 2. The van der Waals surface area contributed by atoms with E-state index in [4.69, 9.17) is 46.9 Å². The average molecular weight is 642 g/mol. The first-order chi connectivity index (χ1) is 20.6. The predicted octanol–water partition coefficient (Wildman–Crippen LogP) is 5.72. The van der Waals surface area contributed by atoms with Crippen molar-refractivity contribution in [1.82, 2.24) is 0 Å². The fourth-order valence-corrected chi connectivity index (χ4v) is 4.62. The van der Waals surface area contributed by atoms with Crippen LogP contribution in [0.5, 0.6) is 23.0 Å². The lowest BCUT2D eigenvalue weighted by molar-refractivity contribution is -0.605. The highest BCUT2D eigenvalue weighted by molar-refractivity contribution is 6.35. The van der Waals surface area contributed by atoms with Gasteiger partial charge < -0.3 is 33.6 Å². The van der Waals surface area contributed by atoms with Gasteiger partial charge in [-0.15, -0.1) is 0 Å². The Morgan fingerprint density at radius 2 is 1.65 bits per heavy atom. The number of methoxy groups -OCH3 is 2. The molecule has 43 heavy (non-hydrogen) atoms. The number of nitrogens with zero attached hydrogens (tertiary/aromatic N) is 1. The maximum absolute atomic E-state index is 13.0. The summed E-state index contributed by atoms with van der Waals surface area (Å²) in [4.78, 5) is 25.5. The summed E-state index contributed by atoms with van der Waals surface area (Å²) in [6.07, 6.45) is 2.83. The lowest BCUT2D eigenvalue weighted by atomic mass is 10.0. The van der Waals surface area contributed by atoms with E-state index in [1.165, 1.54) is 50.6 Å². The predicted molar refractivity (Wildman–Crippen MR) is 149 cm³/mol. The number of carbonyl (C=O) groups is 2. The topological polar surface area (TPSA) is 116 Å². The molecule has 14 heteroatoms. The smallest absolute Gasteiger partial charge is 0.387 e. The second-order valence-electron chi connectivity index (χ2n) is 9.46. The van der Waals surface area contributed by atoms with Crippen LogP contribution in [0.15, 0.2) is 48.8 Å². The Kier molecular flexibility index (Phi) is 10.7. The summed E-state index contributed by atoms with van der Waals surface area (Å²) >= 11 is 12.5. The summed E-state index contributed by atoms with van der Waals surface area (Å²) in [5, 5.41) is 11.8. The molecule has 1 atom stereocenters. The van der Waals surface area contributed by atoms with Crippen molar-refractivity contribution in [3.8, 4) is 23.0 Å². The minimum absolute atomic E-state index is 0.00582. The van der Waals surface area contributed by atoms with Crippen LogP contribution in [0.3, 0.4) is 0 Å². The molecule has 1 unspecified atom stereocenters. The Labute approximate surface area is 255 Å². The number of alkyl halides is 2. The van der Waals surface area contributed by atoms with Gasteiger partial charge in [0, 0.05) is 12.0 Å². The van der Waals surface area contributed by atoms with Crippen molar-refractivity contribution in [3.63, 3.8) is 0 Å². The van der Waals surface area contributed by atoms with Crippen LogP contribution in [0, 0.1) is 11.1 Å². The van der Waals surface area contributed by atoms with Gasteiger partial charge in [-0.25, -0.2) is 9.59 Å². The number of ether oxygens (including phenoxy) is 6. The van der Waals surface area contributed by atoms with Gasteiger partial charge >= 0.3 is 18.6 Å². The van der Waals surface area contributed by atoms with Crippen LogP contribution >= 0.6 is 23.2 Å². The van der Waals surface area contributed by atoms with E-state index in [0.717, 1.165) is 25.2 Å². The lowest BCUT2D eigenvalue weighted by Gasteiger charge is -2.21. The van der Waals surface area contributed by atoms with Gasteiger partial charge in [0.1, 0.15) is 16.1 Å². The summed E-state index contributed by atoms with van der Waals surface area (Å²) in [6, 6.07) is 8.42. The van der Waals surface area contributed by atoms with Crippen LogP contribution in [0.2, 0.25) is 10.0 Å². The highest BCUT2D eigenvalue weighted by atomic mass is 35.5. The summed E-state index contributed by atoms with van der Waals surface area (Å²) in [5.41, 5.74) is 0.699.